The summed E-state index contributed by atoms with van der Waals surface area (Å²) in [6.45, 7) is 3.14. The maximum Gasteiger partial charge on any atom is 0.471 e. The van der Waals surface area contributed by atoms with Gasteiger partial charge in [0.05, 0.1) is 28.9 Å². The number of ether oxygens (including phenoxy) is 1. The van der Waals surface area contributed by atoms with Gasteiger partial charge in [-0.15, -0.1) is 11.3 Å². The summed E-state index contributed by atoms with van der Waals surface area (Å²) in [6.07, 6.45) is 4.78. The van der Waals surface area contributed by atoms with Crippen LogP contribution in [0, 0.1) is 23.0 Å². The number of unbranched alkanes of at least 4 members (excludes halogenated alkanes) is 1. The van der Waals surface area contributed by atoms with E-state index in [2.05, 4.69) is 25.7 Å². The number of carboxylic acid groups (broad SMARTS) is 1. The highest BCUT2D eigenvalue weighted by atomic mass is 32.1. The number of carbonyl (C=O) groups is 1. The number of nitrogens with two attached hydrogens (primary N) is 2. The van der Waals surface area contributed by atoms with Crippen LogP contribution < -0.4 is 11.5 Å². The molecule has 3 atom stereocenters. The van der Waals surface area contributed by atoms with Gasteiger partial charge in [-0.05, 0) is 44.5 Å². The Morgan fingerprint density at radius 1 is 1.20 bits per heavy atom. The largest absolute Gasteiger partial charge is 0.480 e. The maximum absolute atomic E-state index is 15.2. The molecule has 0 aliphatic rings. The summed E-state index contributed by atoms with van der Waals surface area (Å²) in [5, 5.41) is 31.3. The van der Waals surface area contributed by atoms with Gasteiger partial charge in [0.1, 0.15) is 35.9 Å². The van der Waals surface area contributed by atoms with Gasteiger partial charge in [0, 0.05) is 35.1 Å². The Morgan fingerprint density at radius 2 is 1.88 bits per heavy atom. The highest BCUT2D eigenvalue weighted by Crippen LogP contribution is 2.46. The zero-order chi connectivity index (χ0) is 37.3. The molecular weight excluding hydrogens is 699 g/mol. The van der Waals surface area contributed by atoms with E-state index in [1.54, 1.807) is 43.5 Å². The molecule has 15 nitrogen and oxygen atoms in total. The van der Waals surface area contributed by atoms with Gasteiger partial charge >= 0.3 is 13.8 Å². The summed E-state index contributed by atoms with van der Waals surface area (Å²) in [6, 6.07) is 11.1. The second-order valence-corrected chi connectivity index (χ2v) is 12.6. The molecule has 0 saturated heterocycles. The minimum atomic E-state index is -4.93. The molecular formula is C31H40F2N7O8PS. The van der Waals surface area contributed by atoms with Gasteiger partial charge in [0.15, 0.2) is 6.79 Å². The zero-order valence-electron chi connectivity index (χ0n) is 27.3. The van der Waals surface area contributed by atoms with Crippen molar-refractivity contribution in [2.45, 2.75) is 57.2 Å². The van der Waals surface area contributed by atoms with Crippen molar-refractivity contribution in [3.05, 3.63) is 88.3 Å². The van der Waals surface area contributed by atoms with Crippen LogP contribution in [0.25, 0.3) is 11.3 Å². The average Bonchev–Trinajstić information content (AvgIpc) is 3.77. The molecule has 0 aliphatic carbocycles. The molecule has 50 heavy (non-hydrogen) atoms. The number of hydrogen-bond acceptors (Lipinski definition) is 12. The summed E-state index contributed by atoms with van der Waals surface area (Å²) >= 11 is 1.25. The van der Waals surface area contributed by atoms with Crippen LogP contribution in [-0.2, 0) is 30.8 Å². The molecule has 0 radical (unpaired) electrons. The van der Waals surface area contributed by atoms with Gasteiger partial charge in [0.25, 0.3) is 0 Å². The van der Waals surface area contributed by atoms with Crippen molar-refractivity contribution in [3.8, 4) is 17.3 Å². The fraction of sp³-hybridized carbons (Fsp3) is 0.387. The van der Waals surface area contributed by atoms with E-state index in [1.807, 2.05) is 0 Å². The lowest BCUT2D eigenvalue weighted by Crippen LogP contribution is -2.41. The second-order valence-electron chi connectivity index (χ2n) is 10.5. The van der Waals surface area contributed by atoms with Gasteiger partial charge in [0.2, 0.25) is 0 Å². The average molecular weight is 740 g/mol. The molecule has 0 amide bonds. The smallest absolute Gasteiger partial charge is 0.471 e. The van der Waals surface area contributed by atoms with Crippen molar-refractivity contribution in [1.82, 2.24) is 19.7 Å². The summed E-state index contributed by atoms with van der Waals surface area (Å²) in [5.74, 6) is -3.44. The minimum Gasteiger partial charge on any atom is -0.480 e. The van der Waals surface area contributed by atoms with E-state index < -0.39 is 49.8 Å². The number of phosphoric acid groups is 1. The number of benzene rings is 2. The first-order valence-corrected chi connectivity index (χ1v) is 17.5. The Labute approximate surface area is 291 Å². The molecule has 8 N–H and O–H groups in total. The fourth-order valence-electron chi connectivity index (χ4n) is 4.46. The molecule has 2 aromatic carbocycles. The Kier molecular flexibility index (Phi) is 17.4. The van der Waals surface area contributed by atoms with Crippen molar-refractivity contribution in [1.29, 1.82) is 5.26 Å². The normalized spacial score (nSPS) is 13.4. The van der Waals surface area contributed by atoms with Gasteiger partial charge in [-0.2, -0.15) is 10.4 Å². The number of rotatable bonds is 15. The number of aliphatic hydroxyl groups is 1. The number of thiazole rings is 1. The van der Waals surface area contributed by atoms with Crippen LogP contribution in [0.3, 0.4) is 0 Å². The maximum atomic E-state index is 15.2. The van der Waals surface area contributed by atoms with Crippen molar-refractivity contribution >= 4 is 25.1 Å². The number of nitrogens with zero attached hydrogens (tertiary/aromatic N) is 5. The van der Waals surface area contributed by atoms with Gasteiger partial charge in [-0.25, -0.2) is 28.0 Å². The summed E-state index contributed by atoms with van der Waals surface area (Å²) in [7, 11) is -4.93. The Hall–Kier alpha value is -4.02. The molecule has 0 aliphatic heterocycles. The standard InChI is InChI=1S/C23H20F2N5O5PS.C6H14N2O2.C2H6O/c1-15(22-29-21(10-37-22)17-4-2-16(9-26)3-5-17)23(11-30-13-27-12-28-30,34-14-35-36(31,32)33)19-7-6-18(24)8-20(19)25;7-4-2-1-3-5(8)6(9)10;1-2-3/h2-8,10,12-13,15H,11,14H2,1H3,(H2,31,32,33);5H,1-4,7-8H2,(H,9,10);3H,2H2,1H3/t15-,23+;;/m0../s1. The van der Waals surface area contributed by atoms with Crippen molar-refractivity contribution in [2.75, 3.05) is 19.9 Å². The van der Waals surface area contributed by atoms with Crippen molar-refractivity contribution in [2.24, 2.45) is 11.5 Å². The Morgan fingerprint density at radius 3 is 2.42 bits per heavy atom. The molecule has 4 aromatic rings. The Balaban J connectivity index is 0.000000569. The number of phosphoric ester groups is 1. The first-order chi connectivity index (χ1) is 23.7. The van der Waals surface area contributed by atoms with Crippen LogP contribution in [-0.4, -0.2) is 71.7 Å². The first kappa shape index (κ1) is 42.1. The fourth-order valence-corrected chi connectivity index (χ4v) is 5.61. The number of halogens is 2. The SMILES string of the molecule is CCO.C[C@@H](c1nc(-c2ccc(C#N)cc2)cs1)[C@@](Cn1cncn1)(OCOP(=O)(O)O)c1ccc(F)cc1F.NCCCCC(N)C(=O)O. The van der Waals surface area contributed by atoms with E-state index in [9.17, 15) is 23.5 Å². The predicted octanol–water partition coefficient (Wildman–Crippen LogP) is 3.86. The highest BCUT2D eigenvalue weighted by molar-refractivity contribution is 7.46. The minimum absolute atomic E-state index is 0.0960. The molecule has 0 bridgehead atoms. The van der Waals surface area contributed by atoms with E-state index in [4.69, 9.17) is 31.7 Å². The molecule has 2 aromatic heterocycles. The number of nitriles is 1. The van der Waals surface area contributed by atoms with Crippen molar-refractivity contribution < 1.29 is 47.4 Å². The molecule has 0 saturated carbocycles. The number of carboxylic acids is 1. The molecule has 0 fully saturated rings. The third-order valence-electron chi connectivity index (χ3n) is 6.98. The number of aliphatic carboxylic acids is 1. The van der Waals surface area contributed by atoms with Crippen molar-refractivity contribution in [3.63, 3.8) is 0 Å². The van der Waals surface area contributed by atoms with Crippen LogP contribution in [0.2, 0.25) is 0 Å². The van der Waals surface area contributed by atoms with E-state index in [0.29, 0.717) is 35.3 Å². The third kappa shape index (κ3) is 13.0. The first-order valence-electron chi connectivity index (χ1n) is 15.1. The van der Waals surface area contributed by atoms with E-state index in [1.165, 1.54) is 34.7 Å². The summed E-state index contributed by atoms with van der Waals surface area (Å²) < 4.78 is 52.2. The van der Waals surface area contributed by atoms with Crippen LogP contribution in [0.5, 0.6) is 0 Å². The quantitative estimate of drug-likeness (QED) is 0.0575. The molecule has 2 heterocycles. The molecule has 0 spiro atoms. The number of hydrogen-bond donors (Lipinski definition) is 6. The zero-order valence-corrected chi connectivity index (χ0v) is 29.0. The Bertz CT molecular complexity index is 1700. The van der Waals surface area contributed by atoms with Crippen LogP contribution in [0.4, 0.5) is 8.78 Å². The van der Waals surface area contributed by atoms with Crippen LogP contribution >= 0.6 is 19.2 Å². The topological polar surface area (TPSA) is 253 Å². The van der Waals surface area contributed by atoms with Gasteiger partial charge in [-0.1, -0.05) is 31.5 Å². The van der Waals surface area contributed by atoms with Crippen LogP contribution in [0.1, 0.15) is 55.2 Å². The number of aromatic nitrogens is 4. The van der Waals surface area contributed by atoms with E-state index >= 15 is 4.39 Å². The summed E-state index contributed by atoms with van der Waals surface area (Å²) in [4.78, 5) is 37.1. The highest BCUT2D eigenvalue weighted by Gasteiger charge is 2.45. The summed E-state index contributed by atoms with van der Waals surface area (Å²) in [5.41, 5.74) is 10.4. The molecule has 272 valence electrons. The second kappa shape index (κ2) is 20.6. The third-order valence-corrected chi connectivity index (χ3v) is 8.45. The predicted molar refractivity (Wildman–Crippen MR) is 179 cm³/mol. The lowest BCUT2D eigenvalue weighted by atomic mass is 9.81. The van der Waals surface area contributed by atoms with E-state index in [0.717, 1.165) is 24.5 Å². The van der Waals surface area contributed by atoms with Crippen LogP contribution in [0.15, 0.2) is 60.5 Å². The lowest BCUT2D eigenvalue weighted by Gasteiger charge is -2.38. The monoisotopic (exact) mass is 739 g/mol. The van der Waals surface area contributed by atoms with E-state index in [-0.39, 0.29) is 18.7 Å². The number of aliphatic hydroxyl groups excluding tert-OH is 1. The van der Waals surface area contributed by atoms with Gasteiger partial charge in [-0.3, -0.25) is 9.32 Å². The molecule has 19 heteroatoms. The van der Waals surface area contributed by atoms with Gasteiger partial charge < -0.3 is 36.2 Å². The lowest BCUT2D eigenvalue weighted by molar-refractivity contribution is -0.140. The molecule has 1 unspecified atom stereocenters. The molecule has 4 rings (SSSR count).